The van der Waals surface area contributed by atoms with E-state index >= 15 is 0 Å². The Labute approximate surface area is 256 Å². The minimum Gasteiger partial charge on any atom is -0.351 e. The van der Waals surface area contributed by atoms with Gasteiger partial charge in [-0.3, -0.25) is 19.4 Å². The summed E-state index contributed by atoms with van der Waals surface area (Å²) in [5.74, 6) is -1.02. The molecule has 4 rings (SSSR count). The molecule has 1 amide bonds. The fraction of sp³-hybridized carbons (Fsp3) is 0.324. The van der Waals surface area contributed by atoms with Gasteiger partial charge in [0.1, 0.15) is 5.92 Å². The fourth-order valence-corrected chi connectivity index (χ4v) is 5.23. The van der Waals surface area contributed by atoms with Crippen molar-refractivity contribution >= 4 is 46.6 Å². The van der Waals surface area contributed by atoms with Crippen LogP contribution in [0.5, 0.6) is 0 Å². The number of rotatable bonds is 14. The second-order valence-electron chi connectivity index (χ2n) is 10.7. The van der Waals surface area contributed by atoms with Crippen molar-refractivity contribution in [2.75, 3.05) is 0 Å². The van der Waals surface area contributed by atoms with Gasteiger partial charge in [0.15, 0.2) is 5.78 Å². The Morgan fingerprint density at radius 1 is 1.07 bits per heavy atom. The molecule has 4 aromatic rings. The predicted octanol–water partition coefficient (Wildman–Crippen LogP) is 5.84. The molecule has 224 valence electrons. The van der Waals surface area contributed by atoms with Crippen molar-refractivity contribution in [2.24, 2.45) is 16.8 Å². The molecule has 2 N–H and O–H groups in total. The molecular formula is C34H38ClN5O3. The van der Waals surface area contributed by atoms with Crippen molar-refractivity contribution in [3.05, 3.63) is 105 Å². The van der Waals surface area contributed by atoms with Crippen LogP contribution in [0, 0.1) is 17.2 Å². The summed E-state index contributed by atoms with van der Waals surface area (Å²) >= 11 is 6.34. The molecule has 2 atom stereocenters. The van der Waals surface area contributed by atoms with Crippen LogP contribution in [-0.2, 0) is 42.2 Å². The van der Waals surface area contributed by atoms with Gasteiger partial charge in [-0.15, -0.1) is 0 Å². The van der Waals surface area contributed by atoms with Crippen LogP contribution in [0.2, 0.25) is 5.02 Å². The molecule has 8 nitrogen and oxygen atoms in total. The van der Waals surface area contributed by atoms with Crippen molar-refractivity contribution < 1.29 is 9.59 Å². The Balaban J connectivity index is 1.43. The molecule has 0 fully saturated rings. The van der Waals surface area contributed by atoms with Crippen molar-refractivity contribution in [1.29, 1.82) is 5.41 Å². The van der Waals surface area contributed by atoms with Crippen LogP contribution in [0.15, 0.2) is 76.6 Å². The van der Waals surface area contributed by atoms with Gasteiger partial charge in [0.2, 0.25) is 5.91 Å². The number of carbonyl (C=O) groups excluding carboxylic acids is 2. The van der Waals surface area contributed by atoms with Gasteiger partial charge in [0, 0.05) is 64.3 Å². The maximum Gasteiger partial charge on any atom is 0.250 e. The van der Waals surface area contributed by atoms with E-state index in [0.717, 1.165) is 45.9 Å². The van der Waals surface area contributed by atoms with Crippen LogP contribution >= 0.6 is 11.6 Å². The molecule has 0 saturated heterocycles. The number of benzene rings is 2. The quantitative estimate of drug-likeness (QED) is 0.178. The molecule has 2 heterocycles. The number of pyridine rings is 1. The van der Waals surface area contributed by atoms with Gasteiger partial charge in [-0.05, 0) is 48.2 Å². The second kappa shape index (κ2) is 14.7. The third-order valence-electron chi connectivity index (χ3n) is 7.80. The molecule has 43 heavy (non-hydrogen) atoms. The van der Waals surface area contributed by atoms with Crippen LogP contribution in [0.25, 0.3) is 10.9 Å². The van der Waals surface area contributed by atoms with E-state index in [-0.39, 0.29) is 36.3 Å². The lowest BCUT2D eigenvalue weighted by Gasteiger charge is -2.14. The monoisotopic (exact) mass is 599 g/mol. The highest BCUT2D eigenvalue weighted by Crippen LogP contribution is 2.30. The van der Waals surface area contributed by atoms with Crippen LogP contribution in [0.4, 0.5) is 0 Å². The maximum absolute atomic E-state index is 13.1. The summed E-state index contributed by atoms with van der Waals surface area (Å²) in [6.45, 7) is 7.35. The molecule has 0 aliphatic heterocycles. The molecule has 0 bridgehead atoms. The smallest absolute Gasteiger partial charge is 0.250 e. The van der Waals surface area contributed by atoms with Gasteiger partial charge in [-0.1, -0.05) is 62.7 Å². The van der Waals surface area contributed by atoms with Gasteiger partial charge in [-0.25, -0.2) is 0 Å². The Morgan fingerprint density at radius 3 is 2.49 bits per heavy atom. The number of aromatic nitrogens is 2. The van der Waals surface area contributed by atoms with E-state index < -0.39 is 5.92 Å². The molecule has 2 unspecified atom stereocenters. The average Bonchev–Trinajstić information content (AvgIpc) is 3.30. The number of fused-ring (bicyclic) bond motifs is 1. The van der Waals surface area contributed by atoms with Crippen molar-refractivity contribution in [3.63, 3.8) is 0 Å². The standard InChI is InChI=1S/C34H38ClN5O3/c1-4-23(3)32(41)22-40-30(5-2)29(28-16-27(35)13-14-31(28)40)20-38-34(43)26(17-36)19-37-18-24-9-11-25(12-10-24)21-39-15-7-6-8-33(39)42/h6-17,19,23,26,36H,4-5,18,20-22H2,1-3H3,(H,38,43). The maximum atomic E-state index is 13.1. The Kier molecular flexibility index (Phi) is 10.8. The highest BCUT2D eigenvalue weighted by Gasteiger charge is 2.21. The molecule has 0 radical (unpaired) electrons. The van der Waals surface area contributed by atoms with Crippen LogP contribution < -0.4 is 10.9 Å². The molecule has 2 aromatic heterocycles. The van der Waals surface area contributed by atoms with Crippen molar-refractivity contribution in [2.45, 2.75) is 59.8 Å². The molecule has 0 aliphatic rings. The Hall–Kier alpha value is -4.30. The molecular weight excluding hydrogens is 562 g/mol. The summed E-state index contributed by atoms with van der Waals surface area (Å²) in [5.41, 5.74) is 4.71. The van der Waals surface area contributed by atoms with Crippen molar-refractivity contribution in [1.82, 2.24) is 14.5 Å². The van der Waals surface area contributed by atoms with Gasteiger partial charge >= 0.3 is 0 Å². The highest BCUT2D eigenvalue weighted by molar-refractivity contribution is 6.31. The van der Waals surface area contributed by atoms with Gasteiger partial charge in [0.05, 0.1) is 19.6 Å². The van der Waals surface area contributed by atoms with E-state index in [2.05, 4.69) is 10.3 Å². The zero-order valence-corrected chi connectivity index (χ0v) is 25.6. The zero-order chi connectivity index (χ0) is 30.9. The van der Waals surface area contributed by atoms with E-state index in [1.54, 1.807) is 16.8 Å². The number of nitrogens with one attached hydrogen (secondary N) is 2. The van der Waals surface area contributed by atoms with E-state index in [4.69, 9.17) is 17.0 Å². The number of Topliss-reactive ketones (excluding diaryl/α,β-unsaturated/α-hetero) is 1. The van der Waals surface area contributed by atoms with E-state index in [1.165, 1.54) is 12.3 Å². The normalized spacial score (nSPS) is 12.8. The molecule has 0 saturated carbocycles. The number of ketones is 1. The minimum absolute atomic E-state index is 0.0384. The zero-order valence-electron chi connectivity index (χ0n) is 24.8. The van der Waals surface area contributed by atoms with Gasteiger partial charge in [-0.2, -0.15) is 0 Å². The lowest BCUT2D eigenvalue weighted by Crippen LogP contribution is -2.32. The summed E-state index contributed by atoms with van der Waals surface area (Å²) in [7, 11) is 0. The number of carbonyl (C=O) groups is 2. The van der Waals surface area contributed by atoms with E-state index in [9.17, 15) is 14.4 Å². The predicted molar refractivity (Wildman–Crippen MR) is 173 cm³/mol. The van der Waals surface area contributed by atoms with E-state index in [0.29, 0.717) is 24.5 Å². The van der Waals surface area contributed by atoms with Gasteiger partial charge < -0.3 is 19.9 Å². The van der Waals surface area contributed by atoms with E-state index in [1.807, 2.05) is 73.9 Å². The number of aliphatic imine (C=N–C) groups is 1. The summed E-state index contributed by atoms with van der Waals surface area (Å²) in [6.07, 6.45) is 5.79. The first-order valence-electron chi connectivity index (χ1n) is 14.6. The first-order valence-corrected chi connectivity index (χ1v) is 15.0. The summed E-state index contributed by atoms with van der Waals surface area (Å²) in [5, 5.41) is 12.3. The lowest BCUT2D eigenvalue weighted by molar-refractivity contribution is -0.123. The number of hydrogen-bond donors (Lipinski definition) is 2. The van der Waals surface area contributed by atoms with Crippen LogP contribution in [0.1, 0.15) is 49.6 Å². The molecule has 9 heteroatoms. The minimum atomic E-state index is -0.821. The molecule has 2 aromatic carbocycles. The average molecular weight is 600 g/mol. The third-order valence-corrected chi connectivity index (χ3v) is 8.03. The summed E-state index contributed by atoms with van der Waals surface area (Å²) in [4.78, 5) is 42.3. The summed E-state index contributed by atoms with van der Waals surface area (Å²) < 4.78 is 3.68. The number of nitrogens with zero attached hydrogens (tertiary/aromatic N) is 3. The topological polar surface area (TPSA) is 109 Å². The molecule has 0 aliphatic carbocycles. The SMILES string of the molecule is CCc1c(CNC(=O)C(C=N)C=NCc2ccc(Cn3ccccc3=O)cc2)c2cc(Cl)ccc2n1CC(=O)C(C)CC. The third kappa shape index (κ3) is 7.76. The fourth-order valence-electron chi connectivity index (χ4n) is 5.06. The highest BCUT2D eigenvalue weighted by atomic mass is 35.5. The number of halogens is 1. The van der Waals surface area contributed by atoms with Crippen LogP contribution in [0.3, 0.4) is 0 Å². The Bertz CT molecular complexity index is 1690. The first kappa shape index (κ1) is 31.6. The number of amides is 1. The van der Waals surface area contributed by atoms with Crippen molar-refractivity contribution in [3.8, 4) is 0 Å². The lowest BCUT2D eigenvalue weighted by atomic mass is 10.0. The summed E-state index contributed by atoms with van der Waals surface area (Å²) in [6, 6.07) is 18.5. The number of hydrogen-bond acceptors (Lipinski definition) is 5. The Morgan fingerprint density at radius 2 is 1.81 bits per heavy atom. The largest absolute Gasteiger partial charge is 0.351 e. The second-order valence-corrected chi connectivity index (χ2v) is 11.1. The van der Waals surface area contributed by atoms with Crippen LogP contribution in [-0.4, -0.2) is 33.3 Å². The first-order chi connectivity index (χ1) is 20.7. The molecule has 0 spiro atoms. The van der Waals surface area contributed by atoms with Gasteiger partial charge in [0.25, 0.3) is 5.56 Å².